The number of nitrogens with two attached hydrogens (primary N) is 1. The molecule has 1 aromatic rings. The van der Waals surface area contributed by atoms with E-state index in [4.69, 9.17) is 15.2 Å². The lowest BCUT2D eigenvalue weighted by Gasteiger charge is -2.20. The van der Waals surface area contributed by atoms with Crippen molar-refractivity contribution in [2.24, 2.45) is 5.73 Å². The van der Waals surface area contributed by atoms with Gasteiger partial charge in [-0.3, -0.25) is 4.21 Å². The van der Waals surface area contributed by atoms with Gasteiger partial charge >= 0.3 is 0 Å². The molecule has 0 saturated carbocycles. The van der Waals surface area contributed by atoms with Crippen molar-refractivity contribution in [3.8, 4) is 5.75 Å². The highest BCUT2D eigenvalue weighted by Gasteiger charge is 2.20. The van der Waals surface area contributed by atoms with Crippen LogP contribution in [0.1, 0.15) is 24.9 Å². The first kappa shape index (κ1) is 16.1. The van der Waals surface area contributed by atoms with Gasteiger partial charge in [0.15, 0.2) is 0 Å². The number of hydrogen-bond acceptors (Lipinski definition) is 4. The van der Waals surface area contributed by atoms with Gasteiger partial charge in [0.2, 0.25) is 0 Å². The standard InChI is InChI=1S/C14H23NO3S/c1-11(19(16)10-4-9-17-2)14(15)12-5-7-13(18-3)8-6-12/h5-8,11,14H,4,9-10,15H2,1-3H3. The van der Waals surface area contributed by atoms with E-state index in [-0.39, 0.29) is 11.3 Å². The van der Waals surface area contributed by atoms with E-state index < -0.39 is 10.8 Å². The summed E-state index contributed by atoms with van der Waals surface area (Å²) in [5.74, 6) is 1.42. The normalized spacial score (nSPS) is 15.8. The lowest BCUT2D eigenvalue weighted by Crippen LogP contribution is -2.29. The maximum Gasteiger partial charge on any atom is 0.118 e. The summed E-state index contributed by atoms with van der Waals surface area (Å²) >= 11 is 0. The molecule has 0 fully saturated rings. The maximum atomic E-state index is 12.1. The van der Waals surface area contributed by atoms with Crippen molar-refractivity contribution >= 4 is 10.8 Å². The zero-order valence-electron chi connectivity index (χ0n) is 11.8. The fourth-order valence-electron chi connectivity index (χ4n) is 1.79. The molecule has 0 radical (unpaired) electrons. The second-order valence-corrected chi connectivity index (χ2v) is 6.35. The van der Waals surface area contributed by atoms with Gasteiger partial charge in [-0.15, -0.1) is 0 Å². The molecular formula is C14H23NO3S. The van der Waals surface area contributed by atoms with Crippen LogP contribution in [0, 0.1) is 0 Å². The summed E-state index contributed by atoms with van der Waals surface area (Å²) in [5, 5.41) is -0.0785. The molecule has 0 aliphatic carbocycles. The molecule has 0 aliphatic rings. The average Bonchev–Trinajstić information content (AvgIpc) is 2.46. The van der Waals surface area contributed by atoms with Crippen molar-refractivity contribution in [2.75, 3.05) is 26.6 Å². The van der Waals surface area contributed by atoms with Crippen molar-refractivity contribution in [2.45, 2.75) is 24.6 Å². The Bertz CT molecular complexity index is 394. The second-order valence-electron chi connectivity index (χ2n) is 4.44. The number of ether oxygens (including phenoxy) is 2. The molecule has 4 nitrogen and oxygen atoms in total. The van der Waals surface area contributed by atoms with Crippen molar-refractivity contribution < 1.29 is 13.7 Å². The average molecular weight is 285 g/mol. The van der Waals surface area contributed by atoms with Crippen LogP contribution < -0.4 is 10.5 Å². The van der Waals surface area contributed by atoms with E-state index >= 15 is 0 Å². The van der Waals surface area contributed by atoms with Crippen molar-refractivity contribution in [3.63, 3.8) is 0 Å². The molecule has 108 valence electrons. The monoisotopic (exact) mass is 285 g/mol. The zero-order valence-corrected chi connectivity index (χ0v) is 12.6. The largest absolute Gasteiger partial charge is 0.497 e. The van der Waals surface area contributed by atoms with Crippen LogP contribution in [0.2, 0.25) is 0 Å². The van der Waals surface area contributed by atoms with Crippen LogP contribution in [0.25, 0.3) is 0 Å². The Morgan fingerprint density at radius 2 is 1.89 bits per heavy atom. The van der Waals surface area contributed by atoms with Crippen molar-refractivity contribution in [3.05, 3.63) is 29.8 Å². The van der Waals surface area contributed by atoms with Gasteiger partial charge < -0.3 is 15.2 Å². The van der Waals surface area contributed by atoms with Gasteiger partial charge in [0, 0.05) is 36.3 Å². The quantitative estimate of drug-likeness (QED) is 0.741. The Kier molecular flexibility index (Phi) is 7.05. The van der Waals surface area contributed by atoms with E-state index in [2.05, 4.69) is 0 Å². The molecule has 3 atom stereocenters. The number of methoxy groups -OCH3 is 2. The Balaban J connectivity index is 2.59. The molecule has 5 heteroatoms. The number of benzene rings is 1. The fraction of sp³-hybridized carbons (Fsp3) is 0.571. The third kappa shape index (κ3) is 4.93. The van der Waals surface area contributed by atoms with Crippen LogP contribution in [0.15, 0.2) is 24.3 Å². The molecule has 19 heavy (non-hydrogen) atoms. The van der Waals surface area contributed by atoms with Crippen LogP contribution in [0.3, 0.4) is 0 Å². The number of hydrogen-bond donors (Lipinski definition) is 1. The van der Waals surface area contributed by atoms with Gasteiger partial charge in [0.1, 0.15) is 5.75 Å². The van der Waals surface area contributed by atoms with Gasteiger partial charge in [-0.1, -0.05) is 12.1 Å². The summed E-state index contributed by atoms with van der Waals surface area (Å²) in [4.78, 5) is 0. The lowest BCUT2D eigenvalue weighted by molar-refractivity contribution is 0.200. The Morgan fingerprint density at radius 1 is 1.26 bits per heavy atom. The van der Waals surface area contributed by atoms with Gasteiger partial charge in [0.25, 0.3) is 0 Å². The fourth-order valence-corrected chi connectivity index (χ4v) is 3.05. The first-order chi connectivity index (χ1) is 9.10. The van der Waals surface area contributed by atoms with E-state index in [1.54, 1.807) is 14.2 Å². The third-order valence-electron chi connectivity index (χ3n) is 3.12. The molecule has 0 heterocycles. The molecule has 0 saturated heterocycles. The van der Waals surface area contributed by atoms with E-state index in [1.807, 2.05) is 31.2 Å². The van der Waals surface area contributed by atoms with Crippen molar-refractivity contribution in [1.82, 2.24) is 0 Å². The highest BCUT2D eigenvalue weighted by Crippen LogP contribution is 2.21. The summed E-state index contributed by atoms with van der Waals surface area (Å²) in [6.07, 6.45) is 0.794. The topological polar surface area (TPSA) is 61.5 Å². The highest BCUT2D eigenvalue weighted by molar-refractivity contribution is 7.85. The first-order valence-electron chi connectivity index (χ1n) is 6.35. The predicted octanol–water partition coefficient (Wildman–Crippen LogP) is 1.87. The molecule has 0 bridgehead atoms. The molecule has 0 aliphatic heterocycles. The highest BCUT2D eigenvalue weighted by atomic mass is 32.2. The molecule has 2 N–H and O–H groups in total. The minimum atomic E-state index is -0.940. The first-order valence-corrected chi connectivity index (χ1v) is 7.74. The maximum absolute atomic E-state index is 12.1. The van der Waals surface area contributed by atoms with Crippen molar-refractivity contribution in [1.29, 1.82) is 0 Å². The smallest absolute Gasteiger partial charge is 0.118 e. The summed E-state index contributed by atoms with van der Waals surface area (Å²) < 4.78 is 22.2. The van der Waals surface area contributed by atoms with E-state index in [0.29, 0.717) is 12.4 Å². The van der Waals surface area contributed by atoms with E-state index in [1.165, 1.54) is 0 Å². The van der Waals surface area contributed by atoms with E-state index in [0.717, 1.165) is 17.7 Å². The van der Waals surface area contributed by atoms with E-state index in [9.17, 15) is 4.21 Å². The molecule has 1 aromatic carbocycles. The SMILES string of the molecule is COCCCS(=O)C(C)C(N)c1ccc(OC)cc1. The Morgan fingerprint density at radius 3 is 2.42 bits per heavy atom. The second kappa shape index (κ2) is 8.30. The van der Waals surface area contributed by atoms with Gasteiger partial charge in [-0.05, 0) is 31.0 Å². The molecule has 1 rings (SSSR count). The predicted molar refractivity (Wildman–Crippen MR) is 78.9 cm³/mol. The minimum absolute atomic E-state index is 0.0785. The van der Waals surface area contributed by atoms with Gasteiger partial charge in [-0.25, -0.2) is 0 Å². The Labute approximate surface area is 117 Å². The zero-order chi connectivity index (χ0) is 14.3. The molecule has 0 spiro atoms. The summed E-state index contributed by atoms with van der Waals surface area (Å²) in [6.45, 7) is 2.56. The third-order valence-corrected chi connectivity index (χ3v) is 4.93. The molecular weight excluding hydrogens is 262 g/mol. The van der Waals surface area contributed by atoms with Crippen LogP contribution >= 0.6 is 0 Å². The van der Waals surface area contributed by atoms with Crippen LogP contribution in [-0.4, -0.2) is 36.0 Å². The lowest BCUT2D eigenvalue weighted by atomic mass is 10.1. The van der Waals surface area contributed by atoms with Gasteiger partial charge in [0.05, 0.1) is 12.4 Å². The summed E-state index contributed by atoms with van der Waals surface area (Å²) in [7, 11) is 2.34. The Hall–Kier alpha value is -0.910. The van der Waals surface area contributed by atoms with Gasteiger partial charge in [-0.2, -0.15) is 0 Å². The van der Waals surface area contributed by atoms with Crippen LogP contribution in [0.5, 0.6) is 5.75 Å². The molecule has 0 aromatic heterocycles. The molecule has 3 unspecified atom stereocenters. The summed E-state index contributed by atoms with van der Waals surface area (Å²) in [5.41, 5.74) is 7.15. The minimum Gasteiger partial charge on any atom is -0.497 e. The van der Waals surface area contributed by atoms with Crippen LogP contribution in [0.4, 0.5) is 0 Å². The van der Waals surface area contributed by atoms with Crippen LogP contribution in [-0.2, 0) is 15.5 Å². The number of rotatable bonds is 8. The molecule has 0 amide bonds. The summed E-state index contributed by atoms with van der Waals surface area (Å²) in [6, 6.07) is 7.36.